The van der Waals surface area contributed by atoms with Crippen LogP contribution in [0.3, 0.4) is 0 Å². The number of benzene rings is 1. The fourth-order valence-electron chi connectivity index (χ4n) is 1.32. The third kappa shape index (κ3) is 7.29. The quantitative estimate of drug-likeness (QED) is 0.431. The lowest BCUT2D eigenvalue weighted by atomic mass is 10.4. The van der Waals surface area contributed by atoms with Crippen molar-refractivity contribution in [3.63, 3.8) is 0 Å². The van der Waals surface area contributed by atoms with Gasteiger partial charge in [-0.25, -0.2) is 0 Å². The molecule has 0 aliphatic carbocycles. The van der Waals surface area contributed by atoms with Crippen molar-refractivity contribution in [3.05, 3.63) is 30.3 Å². The summed E-state index contributed by atoms with van der Waals surface area (Å²) in [6, 6.07) is 9.46. The predicted octanol–water partition coefficient (Wildman–Crippen LogP) is 5.04. The van der Waals surface area contributed by atoms with E-state index in [4.69, 9.17) is 67.3 Å². The molecular weight excluding hydrogens is 381 g/mol. The first-order valence-corrected chi connectivity index (χ1v) is 10.3. The van der Waals surface area contributed by atoms with Crippen LogP contribution < -0.4 is 5.30 Å². The number of alkyl halides is 4. The lowest BCUT2D eigenvalue weighted by molar-refractivity contribution is 0.253. The third-order valence-electron chi connectivity index (χ3n) is 2.27. The number of halogens is 4. The topological polar surface area (TPSA) is 18.5 Å². The lowest BCUT2D eigenvalue weighted by Gasteiger charge is -2.23. The van der Waals surface area contributed by atoms with Crippen molar-refractivity contribution in [2.24, 2.45) is 0 Å². The van der Waals surface area contributed by atoms with Gasteiger partial charge in [-0.05, 0) is 23.9 Å². The summed E-state index contributed by atoms with van der Waals surface area (Å²) < 4.78 is 11.5. The largest absolute Gasteiger partial charge is 0.326 e. The smallest absolute Gasteiger partial charge is 0.219 e. The summed E-state index contributed by atoms with van der Waals surface area (Å²) in [5.41, 5.74) is 0. The van der Waals surface area contributed by atoms with Crippen molar-refractivity contribution in [1.29, 1.82) is 0 Å². The van der Waals surface area contributed by atoms with Gasteiger partial charge >= 0.3 is 0 Å². The monoisotopic (exact) mass is 394 g/mol. The minimum atomic E-state index is -2.59. The molecule has 2 nitrogen and oxygen atoms in total. The molecule has 0 fully saturated rings. The number of hydrogen-bond acceptors (Lipinski definition) is 3. The van der Waals surface area contributed by atoms with Gasteiger partial charge in [-0.15, -0.1) is 46.4 Å². The zero-order chi connectivity index (χ0) is 15.0. The molecule has 1 rings (SSSR count). The molecule has 0 radical (unpaired) electrons. The molecular formula is C12H15Cl4O2PS. The molecule has 0 aromatic heterocycles. The third-order valence-corrected chi connectivity index (χ3v) is 6.38. The van der Waals surface area contributed by atoms with Gasteiger partial charge in [0.05, 0.1) is 13.2 Å². The fraction of sp³-hybridized carbons (Fsp3) is 0.500. The van der Waals surface area contributed by atoms with E-state index in [0.717, 1.165) is 5.30 Å². The Morgan fingerprint density at radius 1 is 0.900 bits per heavy atom. The van der Waals surface area contributed by atoms with E-state index in [-0.39, 0.29) is 0 Å². The van der Waals surface area contributed by atoms with Gasteiger partial charge < -0.3 is 9.05 Å². The van der Waals surface area contributed by atoms with E-state index >= 15 is 0 Å². The Morgan fingerprint density at radius 3 is 1.75 bits per heavy atom. The highest BCUT2D eigenvalue weighted by Gasteiger charge is 2.22. The maximum atomic E-state index is 5.76. The van der Waals surface area contributed by atoms with E-state index in [9.17, 15) is 0 Å². The van der Waals surface area contributed by atoms with E-state index in [0.29, 0.717) is 26.1 Å². The van der Waals surface area contributed by atoms with E-state index in [1.165, 1.54) is 0 Å². The van der Waals surface area contributed by atoms with E-state index in [1.54, 1.807) is 0 Å². The van der Waals surface area contributed by atoms with Gasteiger partial charge in [0.2, 0.25) is 6.49 Å². The standard InChI is InChI=1S/C12H15Cl4O2PS/c13-11(14)6-8-17-19(20,18-9-7-12(15)16)10-4-2-1-3-5-10/h1-5,11-12H,6-9H2. The van der Waals surface area contributed by atoms with Crippen LogP contribution in [0.25, 0.3) is 0 Å². The SMILES string of the molecule is S=P(OCCC(Cl)Cl)(OCCC(Cl)Cl)c1ccccc1. The molecule has 0 spiro atoms. The minimum Gasteiger partial charge on any atom is -0.326 e. The Hall–Kier alpha value is 0.950. The van der Waals surface area contributed by atoms with Crippen molar-refractivity contribution in [3.8, 4) is 0 Å². The van der Waals surface area contributed by atoms with Gasteiger partial charge in [0, 0.05) is 18.1 Å². The van der Waals surface area contributed by atoms with Crippen molar-refractivity contribution < 1.29 is 9.05 Å². The van der Waals surface area contributed by atoms with Gasteiger partial charge in [0.25, 0.3) is 0 Å². The first kappa shape index (κ1) is 19.0. The van der Waals surface area contributed by atoms with E-state index in [2.05, 4.69) is 0 Å². The average Bonchev–Trinajstić information content (AvgIpc) is 2.39. The fourth-order valence-corrected chi connectivity index (χ4v) is 4.09. The highest BCUT2D eigenvalue weighted by atomic mass is 35.5. The Bertz CT molecular complexity index is 413. The van der Waals surface area contributed by atoms with Crippen LogP contribution in [0, 0.1) is 0 Å². The van der Waals surface area contributed by atoms with Gasteiger partial charge in [0.1, 0.15) is 9.67 Å². The molecule has 0 amide bonds. The molecule has 0 aliphatic heterocycles. The lowest BCUT2D eigenvalue weighted by Crippen LogP contribution is -2.12. The molecule has 0 saturated carbocycles. The zero-order valence-electron chi connectivity index (χ0n) is 10.6. The minimum absolute atomic E-state index is 0.342. The van der Waals surface area contributed by atoms with Crippen molar-refractivity contribution in [2.45, 2.75) is 22.5 Å². The molecule has 114 valence electrons. The first-order chi connectivity index (χ1) is 9.44. The van der Waals surface area contributed by atoms with E-state index < -0.39 is 16.2 Å². The van der Waals surface area contributed by atoms with Crippen LogP contribution in [0.1, 0.15) is 12.8 Å². The highest BCUT2D eigenvalue weighted by Crippen LogP contribution is 2.47. The zero-order valence-corrected chi connectivity index (χ0v) is 15.3. The molecule has 0 aliphatic rings. The van der Waals surface area contributed by atoms with Gasteiger partial charge in [-0.3, -0.25) is 0 Å². The summed E-state index contributed by atoms with van der Waals surface area (Å²) in [5, 5.41) is 0.844. The van der Waals surface area contributed by atoms with Crippen LogP contribution in [-0.2, 0) is 20.9 Å². The van der Waals surface area contributed by atoms with Crippen LogP contribution in [-0.4, -0.2) is 22.9 Å². The van der Waals surface area contributed by atoms with Crippen molar-refractivity contribution in [2.75, 3.05) is 13.2 Å². The average molecular weight is 396 g/mol. The van der Waals surface area contributed by atoms with Gasteiger partial charge in [0.15, 0.2) is 0 Å². The summed E-state index contributed by atoms with van der Waals surface area (Å²) in [6.45, 7) is -1.90. The number of hydrogen-bond donors (Lipinski definition) is 0. The van der Waals surface area contributed by atoms with Gasteiger partial charge in [-0.2, -0.15) is 0 Å². The second-order valence-corrected chi connectivity index (χ2v) is 9.88. The second kappa shape index (κ2) is 9.86. The predicted molar refractivity (Wildman–Crippen MR) is 92.5 cm³/mol. The van der Waals surface area contributed by atoms with Crippen molar-refractivity contribution in [1.82, 2.24) is 0 Å². The summed E-state index contributed by atoms with van der Waals surface area (Å²) in [5.74, 6) is 0. The van der Waals surface area contributed by atoms with Crippen molar-refractivity contribution >= 4 is 70.0 Å². The highest BCUT2D eigenvalue weighted by molar-refractivity contribution is 8.13. The van der Waals surface area contributed by atoms with Gasteiger partial charge in [-0.1, -0.05) is 18.2 Å². The maximum Gasteiger partial charge on any atom is 0.219 e. The Morgan fingerprint density at radius 2 is 1.35 bits per heavy atom. The van der Waals surface area contributed by atoms with Crippen LogP contribution in [0.4, 0.5) is 0 Å². The Labute approximate surface area is 144 Å². The second-order valence-electron chi connectivity index (χ2n) is 3.86. The van der Waals surface area contributed by atoms with E-state index in [1.807, 2.05) is 30.3 Å². The molecule has 0 N–H and O–H groups in total. The first-order valence-electron chi connectivity index (χ1n) is 5.95. The molecule has 0 bridgehead atoms. The molecule has 8 heteroatoms. The Kier molecular flexibility index (Phi) is 9.37. The molecule has 1 aromatic rings. The van der Waals surface area contributed by atoms with Crippen LogP contribution in [0.5, 0.6) is 0 Å². The van der Waals surface area contributed by atoms with Crippen LogP contribution >= 0.6 is 52.9 Å². The normalized spacial score (nSPS) is 12.3. The van der Waals surface area contributed by atoms with Crippen LogP contribution in [0.15, 0.2) is 30.3 Å². The molecule has 20 heavy (non-hydrogen) atoms. The number of rotatable bonds is 9. The Balaban J connectivity index is 2.70. The molecule has 0 heterocycles. The summed E-state index contributed by atoms with van der Waals surface area (Å²) >= 11 is 28.3. The van der Waals surface area contributed by atoms with Crippen LogP contribution in [0.2, 0.25) is 0 Å². The maximum absolute atomic E-state index is 5.76. The molecule has 1 aromatic carbocycles. The summed E-state index contributed by atoms with van der Waals surface area (Å²) in [6.07, 6.45) is 0.983. The molecule has 0 unspecified atom stereocenters. The summed E-state index contributed by atoms with van der Waals surface area (Å²) in [4.78, 5) is -0.964. The molecule has 0 saturated heterocycles. The molecule has 0 atom stereocenters. The summed E-state index contributed by atoms with van der Waals surface area (Å²) in [7, 11) is 0.